The van der Waals surface area contributed by atoms with Gasteiger partial charge >= 0.3 is 0 Å². The van der Waals surface area contributed by atoms with Crippen molar-refractivity contribution in [2.45, 2.75) is 12.8 Å². The van der Waals surface area contributed by atoms with Gasteiger partial charge in [0.1, 0.15) is 5.82 Å². The lowest BCUT2D eigenvalue weighted by atomic mass is 10.1. The zero-order valence-electron chi connectivity index (χ0n) is 12.2. The number of hydrogen-bond acceptors (Lipinski definition) is 2. The lowest BCUT2D eigenvalue weighted by Crippen LogP contribution is -2.27. The summed E-state index contributed by atoms with van der Waals surface area (Å²) in [5.41, 5.74) is 1.52. The SMILES string of the molecule is COc1ccc(CC(=O)NCCc2ccc(F)cc2)cc1F. The number of carbonyl (C=O) groups is 1. The van der Waals surface area contributed by atoms with E-state index in [2.05, 4.69) is 5.32 Å². The molecule has 5 heteroatoms. The maximum Gasteiger partial charge on any atom is 0.224 e. The van der Waals surface area contributed by atoms with Crippen LogP contribution in [-0.2, 0) is 17.6 Å². The van der Waals surface area contributed by atoms with Gasteiger partial charge in [-0.2, -0.15) is 0 Å². The molecule has 2 aromatic carbocycles. The van der Waals surface area contributed by atoms with Crippen molar-refractivity contribution in [3.63, 3.8) is 0 Å². The summed E-state index contributed by atoms with van der Waals surface area (Å²) in [7, 11) is 1.39. The summed E-state index contributed by atoms with van der Waals surface area (Å²) >= 11 is 0. The van der Waals surface area contributed by atoms with Crippen LogP contribution < -0.4 is 10.1 Å². The Kier molecular flexibility index (Phi) is 5.47. The minimum atomic E-state index is -0.487. The monoisotopic (exact) mass is 305 g/mol. The van der Waals surface area contributed by atoms with E-state index in [4.69, 9.17) is 4.74 Å². The first-order valence-electron chi connectivity index (χ1n) is 6.92. The van der Waals surface area contributed by atoms with Crippen LogP contribution in [0.3, 0.4) is 0 Å². The van der Waals surface area contributed by atoms with Crippen LogP contribution in [0.15, 0.2) is 42.5 Å². The molecule has 22 heavy (non-hydrogen) atoms. The van der Waals surface area contributed by atoms with Crippen molar-refractivity contribution in [1.29, 1.82) is 0 Å². The lowest BCUT2D eigenvalue weighted by molar-refractivity contribution is -0.120. The van der Waals surface area contributed by atoms with Crippen molar-refractivity contribution in [3.05, 3.63) is 65.2 Å². The number of nitrogens with one attached hydrogen (secondary N) is 1. The summed E-state index contributed by atoms with van der Waals surface area (Å²) < 4.78 is 31.1. The fourth-order valence-electron chi connectivity index (χ4n) is 2.07. The van der Waals surface area contributed by atoms with Crippen molar-refractivity contribution in [3.8, 4) is 5.75 Å². The highest BCUT2D eigenvalue weighted by atomic mass is 19.1. The quantitative estimate of drug-likeness (QED) is 0.891. The van der Waals surface area contributed by atoms with Crippen LogP contribution in [0.25, 0.3) is 0 Å². The summed E-state index contributed by atoms with van der Waals surface area (Å²) in [6.07, 6.45) is 0.716. The van der Waals surface area contributed by atoms with Crippen LogP contribution in [0.5, 0.6) is 5.75 Å². The van der Waals surface area contributed by atoms with Crippen LogP contribution in [0.4, 0.5) is 8.78 Å². The fourth-order valence-corrected chi connectivity index (χ4v) is 2.07. The Hall–Kier alpha value is -2.43. The van der Waals surface area contributed by atoms with Gasteiger partial charge in [0.15, 0.2) is 11.6 Å². The third-order valence-corrected chi connectivity index (χ3v) is 3.23. The van der Waals surface area contributed by atoms with Crippen LogP contribution in [-0.4, -0.2) is 19.6 Å². The molecule has 0 spiro atoms. The van der Waals surface area contributed by atoms with Crippen LogP contribution in [0.1, 0.15) is 11.1 Å². The molecule has 0 saturated carbocycles. The Morgan fingerprint density at radius 2 is 1.77 bits per heavy atom. The number of halogens is 2. The minimum absolute atomic E-state index is 0.102. The largest absolute Gasteiger partial charge is 0.494 e. The highest BCUT2D eigenvalue weighted by Crippen LogP contribution is 2.17. The summed E-state index contributed by atoms with van der Waals surface area (Å²) in [4.78, 5) is 11.8. The van der Waals surface area contributed by atoms with E-state index in [0.717, 1.165) is 5.56 Å². The zero-order valence-corrected chi connectivity index (χ0v) is 12.2. The molecule has 0 heterocycles. The highest BCUT2D eigenvalue weighted by Gasteiger charge is 2.07. The molecular weight excluding hydrogens is 288 g/mol. The first-order valence-corrected chi connectivity index (χ1v) is 6.92. The molecule has 0 saturated heterocycles. The van der Waals surface area contributed by atoms with E-state index in [1.165, 1.54) is 31.4 Å². The van der Waals surface area contributed by atoms with Crippen LogP contribution in [0, 0.1) is 11.6 Å². The molecule has 0 atom stereocenters. The first kappa shape index (κ1) is 15.9. The highest BCUT2D eigenvalue weighted by molar-refractivity contribution is 5.78. The normalized spacial score (nSPS) is 10.3. The Balaban J connectivity index is 1.80. The van der Waals surface area contributed by atoms with E-state index in [9.17, 15) is 13.6 Å². The number of rotatable bonds is 6. The minimum Gasteiger partial charge on any atom is -0.494 e. The topological polar surface area (TPSA) is 38.3 Å². The Morgan fingerprint density at radius 1 is 1.09 bits per heavy atom. The van der Waals surface area contributed by atoms with Gasteiger partial charge in [0.2, 0.25) is 5.91 Å². The molecule has 0 bridgehead atoms. The number of ether oxygens (including phenoxy) is 1. The summed E-state index contributed by atoms with van der Waals surface area (Å²) in [5, 5.41) is 2.76. The molecule has 0 unspecified atom stereocenters. The predicted molar refractivity (Wildman–Crippen MR) is 79.8 cm³/mol. The van der Waals surface area contributed by atoms with Crippen molar-refractivity contribution in [2.24, 2.45) is 0 Å². The number of methoxy groups -OCH3 is 1. The van der Waals surface area contributed by atoms with Gasteiger partial charge < -0.3 is 10.1 Å². The third kappa shape index (κ3) is 4.55. The van der Waals surface area contributed by atoms with Crippen molar-refractivity contribution < 1.29 is 18.3 Å². The van der Waals surface area contributed by atoms with Gasteiger partial charge in [0, 0.05) is 6.54 Å². The fraction of sp³-hybridized carbons (Fsp3) is 0.235. The number of benzene rings is 2. The first-order chi connectivity index (χ1) is 10.6. The number of hydrogen-bond donors (Lipinski definition) is 1. The maximum atomic E-state index is 13.5. The van der Waals surface area contributed by atoms with E-state index in [1.54, 1.807) is 18.2 Å². The van der Waals surface area contributed by atoms with Crippen LogP contribution >= 0.6 is 0 Å². The molecule has 0 aliphatic carbocycles. The average Bonchev–Trinajstić information content (AvgIpc) is 2.49. The smallest absolute Gasteiger partial charge is 0.224 e. The van der Waals surface area contributed by atoms with E-state index in [-0.39, 0.29) is 23.9 Å². The molecule has 0 radical (unpaired) electrons. The second kappa shape index (κ2) is 7.54. The van der Waals surface area contributed by atoms with Gasteiger partial charge in [-0.05, 0) is 41.8 Å². The molecule has 2 aromatic rings. The van der Waals surface area contributed by atoms with E-state index < -0.39 is 5.82 Å². The Bertz CT molecular complexity index is 642. The van der Waals surface area contributed by atoms with Gasteiger partial charge in [-0.3, -0.25) is 4.79 Å². The maximum absolute atomic E-state index is 13.5. The van der Waals surface area contributed by atoms with Crippen molar-refractivity contribution in [2.75, 3.05) is 13.7 Å². The lowest BCUT2D eigenvalue weighted by Gasteiger charge is -2.07. The van der Waals surface area contributed by atoms with Crippen molar-refractivity contribution >= 4 is 5.91 Å². The number of carbonyl (C=O) groups excluding carboxylic acids is 1. The van der Waals surface area contributed by atoms with E-state index >= 15 is 0 Å². The molecule has 3 nitrogen and oxygen atoms in total. The zero-order chi connectivity index (χ0) is 15.9. The molecule has 2 rings (SSSR count). The second-order valence-electron chi connectivity index (χ2n) is 4.87. The molecule has 1 amide bonds. The molecule has 1 N–H and O–H groups in total. The van der Waals surface area contributed by atoms with Crippen LogP contribution in [0.2, 0.25) is 0 Å². The Labute approximate surface area is 127 Å². The molecule has 0 aliphatic heterocycles. The number of amides is 1. The van der Waals surface area contributed by atoms with Gasteiger partial charge in [-0.1, -0.05) is 18.2 Å². The Morgan fingerprint density at radius 3 is 2.41 bits per heavy atom. The summed E-state index contributed by atoms with van der Waals surface area (Å²) in [6.45, 7) is 0.448. The van der Waals surface area contributed by atoms with Gasteiger partial charge in [-0.25, -0.2) is 8.78 Å². The molecule has 116 valence electrons. The van der Waals surface area contributed by atoms with Gasteiger partial charge in [-0.15, -0.1) is 0 Å². The predicted octanol–water partition coefficient (Wildman–Crippen LogP) is 2.87. The van der Waals surface area contributed by atoms with Gasteiger partial charge in [0.05, 0.1) is 13.5 Å². The average molecular weight is 305 g/mol. The third-order valence-electron chi connectivity index (χ3n) is 3.23. The van der Waals surface area contributed by atoms with Crippen molar-refractivity contribution in [1.82, 2.24) is 5.32 Å². The van der Waals surface area contributed by atoms with Gasteiger partial charge in [0.25, 0.3) is 0 Å². The standard InChI is InChI=1S/C17H17F2NO2/c1-22-16-7-4-13(10-15(16)19)11-17(21)20-9-8-12-2-5-14(18)6-3-12/h2-7,10H,8-9,11H2,1H3,(H,20,21). The molecule has 0 aliphatic rings. The second-order valence-corrected chi connectivity index (χ2v) is 4.87. The molecule has 0 aromatic heterocycles. The van der Waals surface area contributed by atoms with E-state index in [1.807, 2.05) is 0 Å². The summed E-state index contributed by atoms with van der Waals surface area (Å²) in [6, 6.07) is 10.6. The van der Waals surface area contributed by atoms with E-state index in [0.29, 0.717) is 18.5 Å². The summed E-state index contributed by atoms with van der Waals surface area (Å²) in [5.74, 6) is -0.805. The molecular formula is C17H17F2NO2. The molecule has 0 fully saturated rings.